The van der Waals surface area contributed by atoms with Crippen LogP contribution < -0.4 is 0 Å². The molecule has 0 saturated carbocycles. The van der Waals surface area contributed by atoms with Gasteiger partial charge in [-0.1, -0.05) is 53.7 Å². The number of benzene rings is 1. The van der Waals surface area contributed by atoms with Crippen LogP contribution in [0.1, 0.15) is 110 Å². The average Bonchev–Trinajstić information content (AvgIpc) is 2.53. The maximum atomic E-state index is 8.99. The topological polar surface area (TPSA) is 60.7 Å². The van der Waals surface area contributed by atoms with Crippen molar-refractivity contribution in [3.63, 3.8) is 0 Å². The predicted molar refractivity (Wildman–Crippen MR) is 124 cm³/mol. The average molecular weight is 413 g/mol. The summed E-state index contributed by atoms with van der Waals surface area (Å²) in [6, 6.07) is 7.10. The Kier molecular flexibility index (Phi) is 10.1. The summed E-state index contributed by atoms with van der Waals surface area (Å²) in [4.78, 5) is 27.0. The van der Waals surface area contributed by atoms with E-state index in [0.717, 1.165) is 25.7 Å². The van der Waals surface area contributed by atoms with Crippen molar-refractivity contribution in [3.05, 3.63) is 34.9 Å². The molecule has 0 aliphatic carbocycles. The monoisotopic (exact) mass is 412 g/mol. The van der Waals surface area contributed by atoms with E-state index in [1.54, 1.807) is 0 Å². The first-order valence-corrected chi connectivity index (χ1v) is 13.2. The summed E-state index contributed by atoms with van der Waals surface area (Å²) in [5.41, 5.74) is 4.79. The van der Waals surface area contributed by atoms with Crippen LogP contribution in [-0.2, 0) is 17.3 Å². The Hall–Kier alpha value is -0.470. The normalized spacial score (nSPS) is 13.8. The molecule has 0 atom stereocenters. The van der Waals surface area contributed by atoms with Crippen molar-refractivity contribution in [3.8, 4) is 0 Å². The third kappa shape index (κ3) is 10.3. The summed E-state index contributed by atoms with van der Waals surface area (Å²) in [5, 5.41) is 0. The molecule has 28 heavy (non-hydrogen) atoms. The number of unbranched alkanes of at least 4 members (excludes halogenated alkanes) is 7. The summed E-state index contributed by atoms with van der Waals surface area (Å²) >= 11 is 0. The van der Waals surface area contributed by atoms with Gasteiger partial charge in [0, 0.05) is 0 Å². The Morgan fingerprint density at radius 1 is 0.679 bits per heavy atom. The standard InChI is InChI=1S/C24H45O3P/c1-23(2,3)21-17-16-20(22(19-21)24(4,5)6)15-13-11-9-7-8-10-12-14-18-28(25,26)27/h16-17,19,25-28H,7-15,18H2,1-6H3. The van der Waals surface area contributed by atoms with Gasteiger partial charge in [-0.3, -0.25) is 0 Å². The predicted octanol–water partition coefficient (Wildman–Crippen LogP) is 6.42. The molecule has 0 aromatic heterocycles. The molecule has 0 aliphatic heterocycles. The van der Waals surface area contributed by atoms with E-state index in [0.29, 0.717) is 0 Å². The number of hydrogen-bond acceptors (Lipinski definition) is 3. The zero-order chi connectivity index (χ0) is 21.4. The fourth-order valence-electron chi connectivity index (χ4n) is 3.70. The van der Waals surface area contributed by atoms with Gasteiger partial charge in [0.25, 0.3) is 0 Å². The fraction of sp³-hybridized carbons (Fsp3) is 0.750. The Balaban J connectivity index is 2.35. The first-order valence-electron chi connectivity index (χ1n) is 11.1. The van der Waals surface area contributed by atoms with E-state index in [9.17, 15) is 0 Å². The van der Waals surface area contributed by atoms with E-state index in [2.05, 4.69) is 59.7 Å². The Morgan fingerprint density at radius 2 is 1.18 bits per heavy atom. The molecule has 3 nitrogen and oxygen atoms in total. The molecule has 0 aliphatic rings. The Bertz CT molecular complexity index is 577. The van der Waals surface area contributed by atoms with Crippen molar-refractivity contribution < 1.29 is 14.7 Å². The van der Waals surface area contributed by atoms with Crippen LogP contribution in [0.4, 0.5) is 0 Å². The van der Waals surface area contributed by atoms with Gasteiger partial charge >= 0.3 is 104 Å². The SMILES string of the molecule is CC(C)(C)c1ccc(CCCCCCCCCC[PH](O)(O)O)c(C(C)(C)C)c1. The smallest absolute Gasteiger partial charge is 0.0561 e. The van der Waals surface area contributed by atoms with Crippen molar-refractivity contribution in [2.45, 2.75) is 110 Å². The third-order valence-electron chi connectivity index (χ3n) is 5.49. The van der Waals surface area contributed by atoms with E-state index in [-0.39, 0.29) is 17.0 Å². The third-order valence-corrected chi connectivity index (χ3v) is 6.52. The van der Waals surface area contributed by atoms with Crippen molar-refractivity contribution in [1.29, 1.82) is 0 Å². The molecule has 0 saturated heterocycles. The van der Waals surface area contributed by atoms with Crippen molar-refractivity contribution in [1.82, 2.24) is 0 Å². The molecular formula is C24H45O3P. The van der Waals surface area contributed by atoms with Gasteiger partial charge < -0.3 is 0 Å². The van der Waals surface area contributed by atoms with Gasteiger partial charge in [-0.2, -0.15) is 0 Å². The molecule has 0 unspecified atom stereocenters. The second-order valence-electron chi connectivity index (χ2n) is 10.5. The summed E-state index contributed by atoms with van der Waals surface area (Å²) in [7, 11) is -3.81. The van der Waals surface area contributed by atoms with E-state index in [1.807, 2.05) is 0 Å². The van der Waals surface area contributed by atoms with Crippen LogP contribution in [-0.4, -0.2) is 20.8 Å². The van der Waals surface area contributed by atoms with Gasteiger partial charge in [0.2, 0.25) is 0 Å². The zero-order valence-corrected chi connectivity index (χ0v) is 20.1. The number of rotatable bonds is 11. The molecule has 3 N–H and O–H groups in total. The van der Waals surface area contributed by atoms with Crippen LogP contribution in [0.25, 0.3) is 0 Å². The van der Waals surface area contributed by atoms with Crippen LogP contribution in [0.2, 0.25) is 0 Å². The van der Waals surface area contributed by atoms with Gasteiger partial charge in [-0.05, 0) is 16.4 Å². The molecule has 1 aromatic carbocycles. The van der Waals surface area contributed by atoms with Gasteiger partial charge in [0.15, 0.2) is 0 Å². The van der Waals surface area contributed by atoms with Gasteiger partial charge in [0.05, 0.1) is 0 Å². The van der Waals surface area contributed by atoms with Gasteiger partial charge in [-0.25, -0.2) is 0 Å². The van der Waals surface area contributed by atoms with Crippen LogP contribution in [0.15, 0.2) is 18.2 Å². The first-order chi connectivity index (χ1) is 12.8. The fourth-order valence-corrected chi connectivity index (χ4v) is 4.42. The molecule has 0 bridgehead atoms. The van der Waals surface area contributed by atoms with E-state index >= 15 is 0 Å². The van der Waals surface area contributed by atoms with E-state index < -0.39 is 7.94 Å². The van der Waals surface area contributed by atoms with Crippen molar-refractivity contribution in [2.24, 2.45) is 0 Å². The molecule has 1 rings (SSSR count). The minimum absolute atomic E-state index is 0.175. The summed E-state index contributed by atoms with van der Waals surface area (Å²) in [6.45, 7) is 13.8. The molecule has 0 fully saturated rings. The van der Waals surface area contributed by atoms with E-state index in [4.69, 9.17) is 14.7 Å². The minimum atomic E-state index is -3.81. The quantitative estimate of drug-likeness (QED) is 0.290. The molecule has 4 heteroatoms. The number of hydrogen-bond donors (Lipinski definition) is 3. The van der Waals surface area contributed by atoms with Crippen molar-refractivity contribution >= 4 is 7.94 Å². The Morgan fingerprint density at radius 3 is 1.64 bits per heavy atom. The van der Waals surface area contributed by atoms with Crippen molar-refractivity contribution in [2.75, 3.05) is 6.16 Å². The molecule has 0 heterocycles. The van der Waals surface area contributed by atoms with Crippen LogP contribution >= 0.6 is 7.94 Å². The molecule has 0 radical (unpaired) electrons. The number of aryl methyl sites for hydroxylation is 1. The maximum absolute atomic E-state index is 8.99. The van der Waals surface area contributed by atoms with Gasteiger partial charge in [-0.15, -0.1) is 0 Å². The molecule has 1 aromatic rings. The van der Waals surface area contributed by atoms with Crippen LogP contribution in [0.5, 0.6) is 0 Å². The molecule has 0 amide bonds. The van der Waals surface area contributed by atoms with E-state index in [1.165, 1.54) is 48.8 Å². The minimum Gasteiger partial charge on any atom is -0.0561 e. The molecule has 0 spiro atoms. The zero-order valence-electron chi connectivity index (χ0n) is 19.1. The first kappa shape index (κ1) is 25.6. The summed E-state index contributed by atoms with van der Waals surface area (Å²) in [6.07, 6.45) is 10.4. The summed E-state index contributed by atoms with van der Waals surface area (Å²) in [5.74, 6) is 0. The summed E-state index contributed by atoms with van der Waals surface area (Å²) < 4.78 is 0. The van der Waals surface area contributed by atoms with Gasteiger partial charge in [0.1, 0.15) is 0 Å². The molecule has 164 valence electrons. The molecular weight excluding hydrogens is 367 g/mol. The van der Waals surface area contributed by atoms with Crippen LogP contribution in [0, 0.1) is 0 Å². The second kappa shape index (κ2) is 11.1. The Labute approximate surface area is 174 Å². The second-order valence-corrected chi connectivity index (χ2v) is 12.5. The van der Waals surface area contributed by atoms with Crippen LogP contribution in [0.3, 0.4) is 0 Å².